The van der Waals surface area contributed by atoms with E-state index in [0.29, 0.717) is 6.29 Å². The molecule has 2 rings (SSSR count). The lowest BCUT2D eigenvalue weighted by atomic mass is 10.2. The molecule has 2 aromatic rings. The first-order valence-corrected chi connectivity index (χ1v) is 5.37. The summed E-state index contributed by atoms with van der Waals surface area (Å²) in [4.78, 5) is 21.1. The number of nitrogens with zero attached hydrogens (tertiary/aromatic N) is 2. The second kappa shape index (κ2) is 5.40. The minimum Gasteiger partial charge on any atom is -0.429 e. The molecule has 0 aliphatic rings. The van der Waals surface area contributed by atoms with Gasteiger partial charge in [0.15, 0.2) is 6.29 Å². The van der Waals surface area contributed by atoms with Crippen LogP contribution in [0.15, 0.2) is 24.4 Å². The molecular weight excluding hydrogens is 272 g/mol. The number of nitro benzene ring substituents is 1. The van der Waals surface area contributed by atoms with Crippen molar-refractivity contribution < 1.29 is 13.9 Å². The third-order valence-corrected chi connectivity index (χ3v) is 2.54. The van der Waals surface area contributed by atoms with E-state index in [1.165, 1.54) is 24.4 Å². The van der Waals surface area contributed by atoms with Crippen LogP contribution >= 0.6 is 12.9 Å². The molecule has 0 unspecified atom stereocenters. The first kappa shape index (κ1) is 12.9. The third kappa shape index (κ3) is 2.65. The van der Waals surface area contributed by atoms with E-state index in [9.17, 15) is 14.9 Å². The number of hydrogen-bond acceptors (Lipinski definition) is 7. The van der Waals surface area contributed by atoms with Gasteiger partial charge < -0.3 is 9.50 Å². The molecule has 0 aliphatic heterocycles. The Bertz CT molecular complexity index is 628. The van der Waals surface area contributed by atoms with E-state index in [4.69, 9.17) is 0 Å². The highest BCUT2D eigenvalue weighted by Crippen LogP contribution is 2.31. The molecular formula is C10H8N4O4S. The number of carbonyl (C=O) groups is 1. The fourth-order valence-corrected chi connectivity index (χ4v) is 1.56. The van der Waals surface area contributed by atoms with Crippen LogP contribution in [0.2, 0.25) is 0 Å². The number of hydrogen-bond donors (Lipinski definition) is 3. The molecule has 0 bridgehead atoms. The lowest BCUT2D eigenvalue weighted by Gasteiger charge is -2.06. The van der Waals surface area contributed by atoms with Crippen molar-refractivity contribution in [3.63, 3.8) is 0 Å². The molecule has 0 amide bonds. The van der Waals surface area contributed by atoms with Gasteiger partial charge in [-0.25, -0.2) is 0 Å². The summed E-state index contributed by atoms with van der Waals surface area (Å²) in [6, 6.07) is 4.16. The van der Waals surface area contributed by atoms with Crippen molar-refractivity contribution in [3.8, 4) is 5.75 Å². The third-order valence-electron chi connectivity index (χ3n) is 2.33. The predicted octanol–water partition coefficient (Wildman–Crippen LogP) is 2.10. The smallest absolute Gasteiger partial charge is 0.296 e. The van der Waals surface area contributed by atoms with E-state index >= 15 is 0 Å². The van der Waals surface area contributed by atoms with Gasteiger partial charge in [-0.3, -0.25) is 20.0 Å². The fraction of sp³-hybridized carbons (Fsp3) is 0. The minimum atomic E-state index is -0.574. The van der Waals surface area contributed by atoms with Crippen molar-refractivity contribution in [2.75, 3.05) is 5.32 Å². The Kier molecular flexibility index (Phi) is 3.66. The molecule has 0 spiro atoms. The summed E-state index contributed by atoms with van der Waals surface area (Å²) in [5, 5.41) is 19.9. The Balaban J connectivity index is 2.39. The minimum absolute atomic E-state index is 0.200. The maximum absolute atomic E-state index is 11.0. The van der Waals surface area contributed by atoms with Gasteiger partial charge in [0.25, 0.3) is 5.69 Å². The van der Waals surface area contributed by atoms with E-state index in [2.05, 4.69) is 32.6 Å². The number of aldehydes is 1. The topological polar surface area (TPSA) is 110 Å². The average Bonchev–Trinajstić information content (AvgIpc) is 2.86. The second-order valence-electron chi connectivity index (χ2n) is 3.47. The molecule has 0 radical (unpaired) electrons. The zero-order chi connectivity index (χ0) is 13.8. The molecule has 0 saturated heterocycles. The molecule has 9 heteroatoms. The largest absolute Gasteiger partial charge is 0.429 e. The van der Waals surface area contributed by atoms with E-state index in [0.717, 1.165) is 0 Å². The van der Waals surface area contributed by atoms with Gasteiger partial charge in [-0.05, 0) is 12.1 Å². The molecule has 19 heavy (non-hydrogen) atoms. The first-order chi connectivity index (χ1) is 9.15. The number of thiol groups is 1. The van der Waals surface area contributed by atoms with Gasteiger partial charge in [0.1, 0.15) is 17.3 Å². The van der Waals surface area contributed by atoms with E-state index < -0.39 is 4.92 Å². The molecule has 1 heterocycles. The number of anilines is 2. The molecule has 8 nitrogen and oxygen atoms in total. The number of benzene rings is 1. The van der Waals surface area contributed by atoms with Crippen molar-refractivity contribution >= 4 is 36.4 Å². The van der Waals surface area contributed by atoms with Crippen LogP contribution in [0.5, 0.6) is 5.75 Å². The van der Waals surface area contributed by atoms with Crippen molar-refractivity contribution in [1.82, 2.24) is 10.2 Å². The van der Waals surface area contributed by atoms with Gasteiger partial charge in [-0.2, -0.15) is 5.10 Å². The molecule has 0 aliphatic carbocycles. The van der Waals surface area contributed by atoms with Crippen molar-refractivity contribution in [1.29, 1.82) is 0 Å². The summed E-state index contributed by atoms with van der Waals surface area (Å²) < 4.78 is 4.63. The van der Waals surface area contributed by atoms with Crippen molar-refractivity contribution in [2.24, 2.45) is 0 Å². The Morgan fingerprint density at radius 3 is 2.95 bits per heavy atom. The van der Waals surface area contributed by atoms with Crippen LogP contribution in [0, 0.1) is 10.1 Å². The first-order valence-electron chi connectivity index (χ1n) is 5.01. The van der Waals surface area contributed by atoms with E-state index in [-0.39, 0.29) is 28.5 Å². The molecule has 1 aromatic heterocycles. The highest BCUT2D eigenvalue weighted by molar-refractivity contribution is 7.75. The van der Waals surface area contributed by atoms with Gasteiger partial charge in [-0.15, -0.1) is 0 Å². The van der Waals surface area contributed by atoms with Crippen LogP contribution in [0.3, 0.4) is 0 Å². The SMILES string of the molecule is O=Cc1cn[nH]c1Nc1ccc(OS)cc1[N+](=O)[O-]. The highest BCUT2D eigenvalue weighted by atomic mass is 32.1. The van der Waals surface area contributed by atoms with Crippen LogP contribution in [0.25, 0.3) is 0 Å². The molecule has 2 N–H and O–H groups in total. The zero-order valence-electron chi connectivity index (χ0n) is 9.36. The average molecular weight is 280 g/mol. The van der Waals surface area contributed by atoms with Gasteiger partial charge >= 0.3 is 0 Å². The van der Waals surface area contributed by atoms with Gasteiger partial charge in [-0.1, -0.05) is 0 Å². The molecule has 98 valence electrons. The number of carbonyl (C=O) groups excluding carboxylic acids is 1. The highest BCUT2D eigenvalue weighted by Gasteiger charge is 2.17. The number of nitro groups is 1. The molecule has 0 saturated carbocycles. The summed E-state index contributed by atoms with van der Waals surface area (Å²) in [5.74, 6) is 0.512. The van der Waals surface area contributed by atoms with Crippen molar-refractivity contribution in [2.45, 2.75) is 0 Å². The fourth-order valence-electron chi connectivity index (χ4n) is 1.44. The summed E-state index contributed by atoms with van der Waals surface area (Å²) >= 11 is 3.58. The monoisotopic (exact) mass is 280 g/mol. The number of aromatic nitrogens is 2. The number of nitrogens with one attached hydrogen (secondary N) is 2. The summed E-state index contributed by atoms with van der Waals surface area (Å²) in [6.45, 7) is 0. The molecule has 1 aromatic carbocycles. The van der Waals surface area contributed by atoms with Crippen LogP contribution < -0.4 is 9.50 Å². The Hall–Kier alpha value is -2.55. The lowest BCUT2D eigenvalue weighted by Crippen LogP contribution is -1.99. The maximum atomic E-state index is 11.0. The van der Waals surface area contributed by atoms with Gasteiger partial charge in [0, 0.05) is 12.9 Å². The number of aromatic amines is 1. The Labute approximate surface area is 112 Å². The predicted molar refractivity (Wildman–Crippen MR) is 70.0 cm³/mol. The van der Waals surface area contributed by atoms with Crippen LogP contribution in [0.4, 0.5) is 17.2 Å². The Morgan fingerprint density at radius 2 is 2.32 bits per heavy atom. The second-order valence-corrected chi connectivity index (χ2v) is 3.65. The summed E-state index contributed by atoms with van der Waals surface area (Å²) in [7, 11) is 0. The molecule has 0 fully saturated rings. The maximum Gasteiger partial charge on any atom is 0.296 e. The number of rotatable bonds is 5. The zero-order valence-corrected chi connectivity index (χ0v) is 10.3. The van der Waals surface area contributed by atoms with Gasteiger partial charge in [0.05, 0.1) is 22.7 Å². The number of H-pyrrole nitrogens is 1. The summed E-state index contributed by atoms with van der Waals surface area (Å²) in [6.07, 6.45) is 1.90. The van der Waals surface area contributed by atoms with Crippen LogP contribution in [-0.4, -0.2) is 21.4 Å². The lowest BCUT2D eigenvalue weighted by molar-refractivity contribution is -0.384. The molecule has 0 atom stereocenters. The summed E-state index contributed by atoms with van der Waals surface area (Å²) in [5.41, 5.74) is 0.258. The van der Waals surface area contributed by atoms with Crippen LogP contribution in [-0.2, 0) is 0 Å². The van der Waals surface area contributed by atoms with Crippen LogP contribution in [0.1, 0.15) is 10.4 Å². The normalized spacial score (nSPS) is 9.95. The van der Waals surface area contributed by atoms with Gasteiger partial charge in [0.2, 0.25) is 0 Å². The Morgan fingerprint density at radius 1 is 1.53 bits per heavy atom. The quantitative estimate of drug-likeness (QED) is 0.254. The van der Waals surface area contributed by atoms with E-state index in [1.807, 2.05) is 0 Å². The van der Waals surface area contributed by atoms with Crippen molar-refractivity contribution in [3.05, 3.63) is 40.1 Å². The standard InChI is InChI=1S/C10H8N4O4S/c15-5-6-4-11-13-10(6)12-8-2-1-7(18-19)3-9(8)14(16)17/h1-5,19H,(H2,11,12,13). The van der Waals surface area contributed by atoms with E-state index in [1.54, 1.807) is 0 Å².